The van der Waals surface area contributed by atoms with Gasteiger partial charge in [0.2, 0.25) is 5.91 Å². The number of aryl methyl sites for hydroxylation is 1. The van der Waals surface area contributed by atoms with Crippen molar-refractivity contribution >= 4 is 22.6 Å². The second-order valence-electron chi connectivity index (χ2n) is 7.02. The van der Waals surface area contributed by atoms with Gasteiger partial charge in [-0.2, -0.15) is 15.5 Å². The number of halogens is 2. The smallest absolute Gasteiger partial charge is 0.229 e. The zero-order valence-electron chi connectivity index (χ0n) is 16.6. The Kier molecular flexibility index (Phi) is 5.45. The molecule has 0 aliphatic carbocycles. The van der Waals surface area contributed by atoms with Gasteiger partial charge in [0.15, 0.2) is 5.82 Å². The van der Waals surface area contributed by atoms with Crippen LogP contribution in [0.3, 0.4) is 0 Å². The Bertz CT molecular complexity index is 1290. The molecule has 0 spiro atoms. The molecule has 0 aliphatic rings. The molecule has 156 valence electrons. The average molecular weight is 420 g/mol. The van der Waals surface area contributed by atoms with Crippen molar-refractivity contribution in [3.05, 3.63) is 77.1 Å². The number of carbonyl (C=O) groups is 1. The quantitative estimate of drug-likeness (QED) is 0.516. The lowest BCUT2D eigenvalue weighted by atomic mass is 10.1. The van der Waals surface area contributed by atoms with E-state index in [2.05, 4.69) is 15.5 Å². The molecule has 0 unspecified atom stereocenters. The van der Waals surface area contributed by atoms with E-state index >= 15 is 0 Å². The standard InChI is InChI=1S/C22H18F2N6O/c1-2-30-20-4-3-14(7-16(20)12-26-30)10-22(31)27-21-5-6-29(28-21)13-15-8-18(23)17(11-25)19(24)9-15/h3-9,12H,2,10,13H2,1H3,(H,27,28,31). The number of rotatable bonds is 6. The number of hydrogen-bond donors (Lipinski definition) is 1. The van der Waals surface area contributed by atoms with Crippen molar-refractivity contribution in [1.82, 2.24) is 19.6 Å². The molecule has 4 aromatic rings. The van der Waals surface area contributed by atoms with Crippen molar-refractivity contribution in [1.29, 1.82) is 5.26 Å². The monoisotopic (exact) mass is 420 g/mol. The minimum Gasteiger partial charge on any atom is -0.309 e. The predicted molar refractivity (Wildman–Crippen MR) is 110 cm³/mol. The SMILES string of the molecule is CCn1ncc2cc(CC(=O)Nc3ccn(Cc4cc(F)c(C#N)c(F)c4)n3)ccc21. The fraction of sp³-hybridized carbons (Fsp3) is 0.182. The van der Waals surface area contributed by atoms with Crippen LogP contribution in [0.5, 0.6) is 0 Å². The van der Waals surface area contributed by atoms with Crippen LogP contribution in [0, 0.1) is 23.0 Å². The summed E-state index contributed by atoms with van der Waals surface area (Å²) in [7, 11) is 0. The molecule has 0 atom stereocenters. The second-order valence-corrected chi connectivity index (χ2v) is 7.02. The molecule has 2 heterocycles. The van der Waals surface area contributed by atoms with E-state index in [1.807, 2.05) is 29.8 Å². The summed E-state index contributed by atoms with van der Waals surface area (Å²) in [6, 6.07) is 11.0. The predicted octanol–water partition coefficient (Wildman–Crippen LogP) is 3.63. The Morgan fingerprint density at radius 2 is 1.94 bits per heavy atom. The molecule has 1 N–H and O–H groups in total. The molecule has 0 radical (unpaired) electrons. The van der Waals surface area contributed by atoms with Crippen LogP contribution in [0.25, 0.3) is 10.9 Å². The van der Waals surface area contributed by atoms with E-state index in [-0.39, 0.29) is 18.9 Å². The second kappa shape index (κ2) is 8.36. The number of aromatic nitrogens is 4. The van der Waals surface area contributed by atoms with E-state index in [1.165, 1.54) is 10.8 Å². The van der Waals surface area contributed by atoms with Gasteiger partial charge in [-0.3, -0.25) is 14.2 Å². The topological polar surface area (TPSA) is 88.5 Å². The van der Waals surface area contributed by atoms with Crippen molar-refractivity contribution in [3.63, 3.8) is 0 Å². The van der Waals surface area contributed by atoms with E-state index < -0.39 is 17.2 Å². The third-order valence-electron chi connectivity index (χ3n) is 4.84. The Morgan fingerprint density at radius 3 is 2.65 bits per heavy atom. The lowest BCUT2D eigenvalue weighted by Gasteiger charge is -2.05. The molecule has 0 saturated carbocycles. The number of nitrogens with one attached hydrogen (secondary N) is 1. The molecule has 0 fully saturated rings. The highest BCUT2D eigenvalue weighted by atomic mass is 19.1. The molecular formula is C22H18F2N6O. The largest absolute Gasteiger partial charge is 0.309 e. The Balaban J connectivity index is 1.41. The first kappa shape index (κ1) is 20.2. The van der Waals surface area contributed by atoms with E-state index in [0.29, 0.717) is 11.4 Å². The summed E-state index contributed by atoms with van der Waals surface area (Å²) in [6.45, 7) is 2.88. The maximum Gasteiger partial charge on any atom is 0.229 e. The van der Waals surface area contributed by atoms with Crippen molar-refractivity contribution in [2.24, 2.45) is 0 Å². The molecule has 2 aromatic heterocycles. The zero-order chi connectivity index (χ0) is 22.0. The van der Waals surface area contributed by atoms with Crippen LogP contribution in [-0.4, -0.2) is 25.5 Å². The maximum absolute atomic E-state index is 13.8. The normalized spacial score (nSPS) is 10.9. The van der Waals surface area contributed by atoms with E-state index in [4.69, 9.17) is 5.26 Å². The summed E-state index contributed by atoms with van der Waals surface area (Å²) in [5, 5.41) is 21.0. The molecule has 7 nitrogen and oxygen atoms in total. The summed E-state index contributed by atoms with van der Waals surface area (Å²) >= 11 is 0. The molecule has 0 bridgehead atoms. The van der Waals surface area contributed by atoms with Gasteiger partial charge in [0.25, 0.3) is 0 Å². The fourth-order valence-corrected chi connectivity index (χ4v) is 3.40. The first-order valence-corrected chi connectivity index (χ1v) is 9.62. The van der Waals surface area contributed by atoms with Crippen LogP contribution < -0.4 is 5.32 Å². The third-order valence-corrected chi connectivity index (χ3v) is 4.84. The number of anilines is 1. The molecule has 31 heavy (non-hydrogen) atoms. The first-order valence-electron chi connectivity index (χ1n) is 9.62. The highest BCUT2D eigenvalue weighted by Crippen LogP contribution is 2.18. The number of hydrogen-bond acceptors (Lipinski definition) is 4. The Hall–Kier alpha value is -4.06. The van der Waals surface area contributed by atoms with Crippen molar-refractivity contribution < 1.29 is 13.6 Å². The van der Waals surface area contributed by atoms with Crippen LogP contribution in [0.2, 0.25) is 0 Å². The van der Waals surface area contributed by atoms with Gasteiger partial charge in [-0.15, -0.1) is 0 Å². The van der Waals surface area contributed by atoms with Crippen LogP contribution in [0.4, 0.5) is 14.6 Å². The van der Waals surface area contributed by atoms with Gasteiger partial charge in [0.05, 0.1) is 24.7 Å². The highest BCUT2D eigenvalue weighted by Gasteiger charge is 2.12. The molecule has 0 saturated heterocycles. The minimum absolute atomic E-state index is 0.0908. The minimum atomic E-state index is -0.917. The van der Waals surface area contributed by atoms with E-state index in [1.54, 1.807) is 18.5 Å². The molecule has 0 aliphatic heterocycles. The molecule has 2 aromatic carbocycles. The average Bonchev–Trinajstić information content (AvgIpc) is 3.33. The number of fused-ring (bicyclic) bond motifs is 1. The number of amides is 1. The summed E-state index contributed by atoms with van der Waals surface area (Å²) in [5.74, 6) is -1.73. The summed E-state index contributed by atoms with van der Waals surface area (Å²) in [5.41, 5.74) is 1.57. The van der Waals surface area contributed by atoms with Crippen molar-refractivity contribution in [2.75, 3.05) is 5.32 Å². The van der Waals surface area contributed by atoms with Crippen LogP contribution in [-0.2, 0) is 24.3 Å². The van der Waals surface area contributed by atoms with E-state index in [9.17, 15) is 13.6 Å². The lowest BCUT2D eigenvalue weighted by Crippen LogP contribution is -2.15. The van der Waals surface area contributed by atoms with Gasteiger partial charge in [0, 0.05) is 24.2 Å². The number of benzene rings is 2. The van der Waals surface area contributed by atoms with Crippen LogP contribution in [0.15, 0.2) is 48.8 Å². The number of nitrogens with zero attached hydrogens (tertiary/aromatic N) is 5. The van der Waals surface area contributed by atoms with Crippen LogP contribution >= 0.6 is 0 Å². The van der Waals surface area contributed by atoms with Gasteiger partial charge in [-0.25, -0.2) is 8.78 Å². The van der Waals surface area contributed by atoms with Gasteiger partial charge in [-0.05, 0) is 42.3 Å². The van der Waals surface area contributed by atoms with Gasteiger partial charge >= 0.3 is 0 Å². The summed E-state index contributed by atoms with van der Waals surface area (Å²) in [4.78, 5) is 12.4. The van der Waals surface area contributed by atoms with E-state index in [0.717, 1.165) is 35.1 Å². The van der Waals surface area contributed by atoms with Gasteiger partial charge in [0.1, 0.15) is 23.3 Å². The molecule has 4 rings (SSSR count). The fourth-order valence-electron chi connectivity index (χ4n) is 3.40. The molecule has 9 heteroatoms. The summed E-state index contributed by atoms with van der Waals surface area (Å²) in [6.07, 6.45) is 3.54. The lowest BCUT2D eigenvalue weighted by molar-refractivity contribution is -0.115. The number of carbonyl (C=O) groups excluding carboxylic acids is 1. The first-order chi connectivity index (χ1) is 15.0. The third kappa shape index (κ3) is 4.28. The van der Waals surface area contributed by atoms with Crippen LogP contribution in [0.1, 0.15) is 23.6 Å². The molecular weight excluding hydrogens is 402 g/mol. The van der Waals surface area contributed by atoms with Gasteiger partial charge < -0.3 is 5.32 Å². The maximum atomic E-state index is 13.8. The Morgan fingerprint density at radius 1 is 1.16 bits per heavy atom. The van der Waals surface area contributed by atoms with Crippen molar-refractivity contribution in [2.45, 2.75) is 26.4 Å². The summed E-state index contributed by atoms with van der Waals surface area (Å²) < 4.78 is 30.9. The highest BCUT2D eigenvalue weighted by molar-refractivity contribution is 5.92. The van der Waals surface area contributed by atoms with Gasteiger partial charge in [-0.1, -0.05) is 6.07 Å². The zero-order valence-corrected chi connectivity index (χ0v) is 16.6. The van der Waals surface area contributed by atoms with Crippen molar-refractivity contribution in [3.8, 4) is 6.07 Å². The molecule has 1 amide bonds. The number of nitriles is 1. The Labute approximate surface area is 176 Å².